The van der Waals surface area contributed by atoms with Gasteiger partial charge in [0.25, 0.3) is 0 Å². The number of hydrogen-bond donors (Lipinski definition) is 1. The monoisotopic (exact) mass is 308 g/mol. The summed E-state index contributed by atoms with van der Waals surface area (Å²) in [5, 5.41) is 9.18. The van der Waals surface area contributed by atoms with E-state index >= 15 is 0 Å². The Morgan fingerprint density at radius 1 is 1.05 bits per heavy atom. The molecule has 0 aliphatic heterocycles. The molecule has 0 aromatic heterocycles. The Balaban J connectivity index is 0. The topological polar surface area (TPSA) is 20.2 Å². The van der Waals surface area contributed by atoms with Gasteiger partial charge < -0.3 is 5.11 Å². The Morgan fingerprint density at radius 2 is 1.55 bits per heavy atom. The predicted octanol–water partition coefficient (Wildman–Crippen LogP) is 6.84. The predicted molar refractivity (Wildman–Crippen MR) is 102 cm³/mol. The molecule has 0 bridgehead atoms. The molecule has 0 heterocycles. The zero-order valence-corrected chi connectivity index (χ0v) is 16.0. The van der Waals surface area contributed by atoms with E-state index in [0.29, 0.717) is 5.92 Å². The maximum atomic E-state index is 9.18. The molecule has 0 aromatic rings. The maximum Gasteiger partial charge on any atom is 0.0565 e. The summed E-state index contributed by atoms with van der Waals surface area (Å²) in [6.07, 6.45) is 10.3. The third-order valence-electron chi connectivity index (χ3n) is 4.06. The highest BCUT2D eigenvalue weighted by Gasteiger charge is 2.17. The van der Waals surface area contributed by atoms with E-state index in [1.165, 1.54) is 36.0 Å². The first-order valence-electron chi connectivity index (χ1n) is 8.89. The standard InChI is InChI=1S/C9H16.C7H14O.C5H10/c1-5-9(6-2)7-8(3)4;1-6-4-2-3-5-7(6)8;1-4-5(2)3/h5H,3,6-7H2,1-2,4H3;6-8H,2-5H2,1H3;2,4H2,1,3H3/b9-5+;;. The van der Waals surface area contributed by atoms with Gasteiger partial charge in [-0.25, -0.2) is 0 Å². The van der Waals surface area contributed by atoms with Crippen LogP contribution >= 0.6 is 0 Å². The minimum atomic E-state index is 0.00347. The van der Waals surface area contributed by atoms with Crippen LogP contribution in [-0.2, 0) is 0 Å². The molecule has 0 saturated heterocycles. The summed E-state index contributed by atoms with van der Waals surface area (Å²) in [6, 6.07) is 0. The van der Waals surface area contributed by atoms with E-state index in [4.69, 9.17) is 0 Å². The summed E-state index contributed by atoms with van der Waals surface area (Å²) in [4.78, 5) is 0. The minimum absolute atomic E-state index is 0.00347. The van der Waals surface area contributed by atoms with Crippen LogP contribution in [0.4, 0.5) is 0 Å². The normalized spacial score (nSPS) is 21.0. The molecule has 1 N–H and O–H groups in total. The van der Waals surface area contributed by atoms with Gasteiger partial charge in [0.15, 0.2) is 0 Å². The molecule has 0 aromatic carbocycles. The van der Waals surface area contributed by atoms with Crippen molar-refractivity contribution in [1.82, 2.24) is 0 Å². The Bertz CT molecular complexity index is 315. The lowest BCUT2D eigenvalue weighted by molar-refractivity contribution is 0.0793. The Labute approximate surface area is 140 Å². The largest absolute Gasteiger partial charge is 0.393 e. The van der Waals surface area contributed by atoms with Crippen LogP contribution in [0.25, 0.3) is 0 Å². The van der Waals surface area contributed by atoms with E-state index in [1.807, 2.05) is 6.92 Å². The highest BCUT2D eigenvalue weighted by atomic mass is 16.3. The number of hydrogen-bond acceptors (Lipinski definition) is 1. The zero-order valence-electron chi connectivity index (χ0n) is 16.0. The first kappa shape index (κ1) is 23.4. The van der Waals surface area contributed by atoms with Gasteiger partial charge in [-0.3, -0.25) is 0 Å². The molecule has 2 unspecified atom stereocenters. The molecule has 1 fully saturated rings. The molecule has 22 heavy (non-hydrogen) atoms. The summed E-state index contributed by atoms with van der Waals surface area (Å²) in [5.74, 6) is 0.559. The molecular formula is C21H40O. The molecule has 0 spiro atoms. The highest BCUT2D eigenvalue weighted by Crippen LogP contribution is 2.22. The summed E-state index contributed by atoms with van der Waals surface area (Å²) in [5.41, 5.74) is 4.00. The molecule has 1 saturated carbocycles. The van der Waals surface area contributed by atoms with Crippen molar-refractivity contribution in [2.24, 2.45) is 5.92 Å². The van der Waals surface area contributed by atoms with Crippen LogP contribution in [-0.4, -0.2) is 11.2 Å². The fraction of sp³-hybridized carbons (Fsp3) is 0.714. The van der Waals surface area contributed by atoms with Gasteiger partial charge in [-0.05, 0) is 58.8 Å². The summed E-state index contributed by atoms with van der Waals surface area (Å²) in [7, 11) is 0. The van der Waals surface area contributed by atoms with Crippen molar-refractivity contribution in [2.75, 3.05) is 0 Å². The SMILES string of the molecule is C=C(C)C/C(=C/C)CC.C=C(C)CC.CC1CCCCC1O. The summed E-state index contributed by atoms with van der Waals surface area (Å²) in [6.45, 7) is 20.1. The van der Waals surface area contributed by atoms with Crippen LogP contribution in [0, 0.1) is 5.92 Å². The van der Waals surface area contributed by atoms with Crippen molar-refractivity contribution < 1.29 is 5.11 Å². The van der Waals surface area contributed by atoms with Crippen molar-refractivity contribution >= 4 is 0 Å². The highest BCUT2D eigenvalue weighted by molar-refractivity contribution is 5.09. The fourth-order valence-electron chi connectivity index (χ4n) is 2.12. The Hall–Kier alpha value is -0.820. The average Bonchev–Trinajstić information content (AvgIpc) is 2.49. The lowest BCUT2D eigenvalue weighted by Crippen LogP contribution is -2.21. The second kappa shape index (κ2) is 15.1. The van der Waals surface area contributed by atoms with E-state index in [1.54, 1.807) is 0 Å². The molecule has 0 radical (unpaired) electrons. The van der Waals surface area contributed by atoms with E-state index < -0.39 is 0 Å². The van der Waals surface area contributed by atoms with Gasteiger partial charge >= 0.3 is 0 Å². The molecular weight excluding hydrogens is 268 g/mol. The van der Waals surface area contributed by atoms with Crippen molar-refractivity contribution in [3.8, 4) is 0 Å². The molecule has 2 atom stereocenters. The van der Waals surface area contributed by atoms with Gasteiger partial charge in [-0.2, -0.15) is 0 Å². The van der Waals surface area contributed by atoms with Crippen LogP contribution < -0.4 is 0 Å². The average molecular weight is 309 g/mol. The smallest absolute Gasteiger partial charge is 0.0565 e. The van der Waals surface area contributed by atoms with Gasteiger partial charge in [-0.1, -0.05) is 63.0 Å². The minimum Gasteiger partial charge on any atom is -0.393 e. The number of allylic oxidation sites excluding steroid dienone is 4. The molecule has 1 nitrogen and oxygen atoms in total. The van der Waals surface area contributed by atoms with Crippen LogP contribution in [0.3, 0.4) is 0 Å². The van der Waals surface area contributed by atoms with Crippen molar-refractivity contribution in [2.45, 2.75) is 92.6 Å². The third-order valence-corrected chi connectivity index (χ3v) is 4.06. The van der Waals surface area contributed by atoms with Gasteiger partial charge in [0.2, 0.25) is 0 Å². The van der Waals surface area contributed by atoms with Crippen molar-refractivity contribution in [1.29, 1.82) is 0 Å². The van der Waals surface area contributed by atoms with Crippen LogP contribution in [0.5, 0.6) is 0 Å². The lowest BCUT2D eigenvalue weighted by Gasteiger charge is -2.23. The summed E-state index contributed by atoms with van der Waals surface area (Å²) >= 11 is 0. The van der Waals surface area contributed by atoms with Crippen LogP contribution in [0.15, 0.2) is 36.0 Å². The van der Waals surface area contributed by atoms with Gasteiger partial charge in [-0.15, -0.1) is 6.58 Å². The zero-order chi connectivity index (χ0) is 17.5. The maximum absolute atomic E-state index is 9.18. The first-order valence-corrected chi connectivity index (χ1v) is 8.89. The Morgan fingerprint density at radius 3 is 1.73 bits per heavy atom. The molecule has 1 rings (SSSR count). The second-order valence-electron chi connectivity index (χ2n) is 6.57. The number of aliphatic hydroxyl groups is 1. The van der Waals surface area contributed by atoms with E-state index in [0.717, 1.165) is 25.7 Å². The van der Waals surface area contributed by atoms with E-state index in [-0.39, 0.29) is 6.10 Å². The van der Waals surface area contributed by atoms with Crippen molar-refractivity contribution in [3.63, 3.8) is 0 Å². The molecule has 0 amide bonds. The number of rotatable bonds is 4. The van der Waals surface area contributed by atoms with E-state index in [9.17, 15) is 5.11 Å². The van der Waals surface area contributed by atoms with Crippen molar-refractivity contribution in [3.05, 3.63) is 36.0 Å². The second-order valence-corrected chi connectivity index (χ2v) is 6.57. The molecule has 130 valence electrons. The molecule has 1 aliphatic carbocycles. The Kier molecular flexibility index (Phi) is 16.1. The fourth-order valence-corrected chi connectivity index (χ4v) is 2.12. The van der Waals surface area contributed by atoms with Crippen LogP contribution in [0.1, 0.15) is 86.5 Å². The quantitative estimate of drug-likeness (QED) is 0.564. The summed E-state index contributed by atoms with van der Waals surface area (Å²) < 4.78 is 0. The van der Waals surface area contributed by atoms with Gasteiger partial charge in [0, 0.05) is 0 Å². The molecule has 1 aliphatic rings. The molecule has 1 heteroatoms. The van der Waals surface area contributed by atoms with E-state index in [2.05, 4.69) is 53.9 Å². The number of aliphatic hydroxyl groups excluding tert-OH is 1. The van der Waals surface area contributed by atoms with Crippen LogP contribution in [0.2, 0.25) is 0 Å². The lowest BCUT2D eigenvalue weighted by atomic mass is 9.88. The van der Waals surface area contributed by atoms with Gasteiger partial charge in [0.1, 0.15) is 0 Å². The van der Waals surface area contributed by atoms with Gasteiger partial charge in [0.05, 0.1) is 6.10 Å². The first-order chi connectivity index (χ1) is 10.3. The third kappa shape index (κ3) is 15.6.